The lowest BCUT2D eigenvalue weighted by Crippen LogP contribution is -2.47. The molecule has 1 saturated carbocycles. The van der Waals surface area contributed by atoms with E-state index < -0.39 is 0 Å². The van der Waals surface area contributed by atoms with E-state index in [9.17, 15) is 19.2 Å². The number of imide groups is 1. The SMILES string of the molecule is O=CN(CCCCN1C(=O)CC2(CCCC2)CC1=O)CCN(C=O)c1ncccn1. The third-order valence-corrected chi connectivity index (χ3v) is 6.11. The largest absolute Gasteiger partial charge is 0.343 e. The zero-order chi connectivity index (χ0) is 21.4. The van der Waals surface area contributed by atoms with E-state index in [0.29, 0.717) is 57.7 Å². The lowest BCUT2D eigenvalue weighted by Gasteiger charge is -2.37. The van der Waals surface area contributed by atoms with Gasteiger partial charge in [-0.05, 0) is 37.2 Å². The minimum Gasteiger partial charge on any atom is -0.343 e. The van der Waals surface area contributed by atoms with Gasteiger partial charge in [0.15, 0.2) is 0 Å². The molecule has 0 atom stereocenters. The van der Waals surface area contributed by atoms with Crippen molar-refractivity contribution in [1.82, 2.24) is 19.8 Å². The molecule has 162 valence electrons. The van der Waals surface area contributed by atoms with Crippen LogP contribution in [0.5, 0.6) is 0 Å². The highest BCUT2D eigenvalue weighted by atomic mass is 16.2. The Morgan fingerprint density at radius 1 is 0.933 bits per heavy atom. The zero-order valence-corrected chi connectivity index (χ0v) is 17.2. The average molecular weight is 415 g/mol. The van der Waals surface area contributed by atoms with Crippen molar-refractivity contribution >= 4 is 30.6 Å². The fourth-order valence-corrected chi connectivity index (χ4v) is 4.44. The van der Waals surface area contributed by atoms with Gasteiger partial charge in [0.2, 0.25) is 30.6 Å². The summed E-state index contributed by atoms with van der Waals surface area (Å²) in [7, 11) is 0. The van der Waals surface area contributed by atoms with Crippen LogP contribution in [-0.4, -0.2) is 70.6 Å². The van der Waals surface area contributed by atoms with Crippen molar-refractivity contribution in [3.63, 3.8) is 0 Å². The molecule has 2 heterocycles. The number of rotatable bonds is 11. The van der Waals surface area contributed by atoms with Gasteiger partial charge in [0.1, 0.15) is 0 Å². The summed E-state index contributed by atoms with van der Waals surface area (Å²) < 4.78 is 0. The van der Waals surface area contributed by atoms with Crippen molar-refractivity contribution in [2.45, 2.75) is 51.4 Å². The number of aromatic nitrogens is 2. The first-order valence-corrected chi connectivity index (χ1v) is 10.6. The maximum absolute atomic E-state index is 12.5. The van der Waals surface area contributed by atoms with Crippen LogP contribution in [0.1, 0.15) is 51.4 Å². The lowest BCUT2D eigenvalue weighted by molar-refractivity contribution is -0.153. The number of nitrogens with zero attached hydrogens (tertiary/aromatic N) is 5. The molecular weight excluding hydrogens is 386 g/mol. The third-order valence-electron chi connectivity index (χ3n) is 6.11. The first kappa shape index (κ1) is 21.9. The molecule has 30 heavy (non-hydrogen) atoms. The van der Waals surface area contributed by atoms with E-state index in [1.807, 2.05) is 0 Å². The van der Waals surface area contributed by atoms with Crippen molar-refractivity contribution in [3.8, 4) is 0 Å². The summed E-state index contributed by atoms with van der Waals surface area (Å²) in [6.07, 6.45) is 11.0. The summed E-state index contributed by atoms with van der Waals surface area (Å²) >= 11 is 0. The van der Waals surface area contributed by atoms with Gasteiger partial charge in [0, 0.05) is 51.4 Å². The molecule has 1 aromatic heterocycles. The summed E-state index contributed by atoms with van der Waals surface area (Å²) in [5, 5.41) is 0. The van der Waals surface area contributed by atoms with Gasteiger partial charge in [-0.15, -0.1) is 0 Å². The molecule has 1 aliphatic heterocycles. The molecule has 1 aliphatic carbocycles. The number of likely N-dealkylation sites (tertiary alicyclic amines) is 1. The smallest absolute Gasteiger partial charge is 0.231 e. The Balaban J connectivity index is 1.39. The van der Waals surface area contributed by atoms with Crippen LogP contribution < -0.4 is 4.90 Å². The number of piperidine rings is 1. The Bertz CT molecular complexity index is 731. The first-order valence-electron chi connectivity index (χ1n) is 10.6. The molecule has 0 aromatic carbocycles. The van der Waals surface area contributed by atoms with Gasteiger partial charge in [-0.2, -0.15) is 0 Å². The maximum atomic E-state index is 12.5. The molecule has 0 N–H and O–H groups in total. The number of carbonyl (C=O) groups is 4. The van der Waals surface area contributed by atoms with Gasteiger partial charge < -0.3 is 4.90 Å². The number of hydrogen-bond donors (Lipinski definition) is 0. The van der Waals surface area contributed by atoms with E-state index in [-0.39, 0.29) is 23.8 Å². The Morgan fingerprint density at radius 2 is 1.60 bits per heavy atom. The van der Waals surface area contributed by atoms with Crippen molar-refractivity contribution in [3.05, 3.63) is 18.5 Å². The molecule has 1 aromatic rings. The summed E-state index contributed by atoms with van der Waals surface area (Å²) in [6.45, 7) is 1.53. The van der Waals surface area contributed by atoms with E-state index in [1.54, 1.807) is 23.4 Å². The molecule has 1 saturated heterocycles. The van der Waals surface area contributed by atoms with Crippen LogP contribution in [0, 0.1) is 5.41 Å². The van der Waals surface area contributed by atoms with Gasteiger partial charge in [0.25, 0.3) is 0 Å². The molecule has 2 aliphatic rings. The standard InChI is InChI=1S/C21H29N5O4/c27-16-24(12-13-25(17-28)20-22-8-5-9-23-20)10-3-4-11-26-18(29)14-21(15-19(26)30)6-1-2-7-21/h5,8-9,16-17H,1-4,6-7,10-15H2. The van der Waals surface area contributed by atoms with E-state index >= 15 is 0 Å². The highest BCUT2D eigenvalue weighted by molar-refractivity contribution is 5.98. The monoisotopic (exact) mass is 415 g/mol. The number of amides is 4. The normalized spacial score (nSPS) is 17.9. The summed E-state index contributed by atoms with van der Waals surface area (Å²) in [5.41, 5.74) is -0.0775. The Morgan fingerprint density at radius 3 is 2.20 bits per heavy atom. The number of carbonyl (C=O) groups excluding carboxylic acids is 4. The van der Waals surface area contributed by atoms with Crippen LogP contribution in [0.3, 0.4) is 0 Å². The lowest BCUT2D eigenvalue weighted by atomic mass is 9.76. The second-order valence-electron chi connectivity index (χ2n) is 8.20. The molecule has 9 heteroatoms. The quantitative estimate of drug-likeness (QED) is 0.307. The molecule has 1 spiro atoms. The Kier molecular flexibility index (Phi) is 7.48. The fraction of sp³-hybridized carbons (Fsp3) is 0.619. The molecule has 2 fully saturated rings. The topological polar surface area (TPSA) is 104 Å². The minimum absolute atomic E-state index is 0.0510. The molecule has 3 rings (SSSR count). The predicted octanol–water partition coefficient (Wildman–Crippen LogP) is 1.39. The average Bonchev–Trinajstić information content (AvgIpc) is 3.19. The third kappa shape index (κ3) is 5.40. The van der Waals surface area contributed by atoms with Crippen LogP contribution in [0.25, 0.3) is 0 Å². The van der Waals surface area contributed by atoms with E-state index in [4.69, 9.17) is 0 Å². The van der Waals surface area contributed by atoms with Gasteiger partial charge in [-0.25, -0.2) is 9.97 Å². The summed E-state index contributed by atoms with van der Waals surface area (Å²) in [4.78, 5) is 60.0. The van der Waals surface area contributed by atoms with E-state index in [1.165, 1.54) is 9.80 Å². The highest BCUT2D eigenvalue weighted by Crippen LogP contribution is 2.46. The van der Waals surface area contributed by atoms with Crippen LogP contribution in [0.2, 0.25) is 0 Å². The van der Waals surface area contributed by atoms with Gasteiger partial charge in [-0.1, -0.05) is 12.8 Å². The van der Waals surface area contributed by atoms with Crippen molar-refractivity contribution in [1.29, 1.82) is 0 Å². The molecule has 0 bridgehead atoms. The minimum atomic E-state index is -0.0775. The molecule has 0 unspecified atom stereocenters. The fourth-order valence-electron chi connectivity index (χ4n) is 4.44. The summed E-state index contributed by atoms with van der Waals surface area (Å²) in [6, 6.07) is 1.66. The predicted molar refractivity (Wildman–Crippen MR) is 109 cm³/mol. The number of unbranched alkanes of at least 4 members (excludes halogenated alkanes) is 1. The molecule has 0 radical (unpaired) electrons. The van der Waals surface area contributed by atoms with Crippen molar-refractivity contribution < 1.29 is 19.2 Å². The Labute approximate surface area is 176 Å². The van der Waals surface area contributed by atoms with Crippen LogP contribution in [0.15, 0.2) is 18.5 Å². The van der Waals surface area contributed by atoms with Crippen molar-refractivity contribution in [2.75, 3.05) is 31.1 Å². The maximum Gasteiger partial charge on any atom is 0.231 e. The van der Waals surface area contributed by atoms with Crippen LogP contribution >= 0.6 is 0 Å². The highest BCUT2D eigenvalue weighted by Gasteiger charge is 2.44. The second-order valence-corrected chi connectivity index (χ2v) is 8.20. The zero-order valence-electron chi connectivity index (χ0n) is 17.2. The number of anilines is 1. The van der Waals surface area contributed by atoms with Crippen LogP contribution in [-0.2, 0) is 19.2 Å². The number of hydrogen-bond acceptors (Lipinski definition) is 6. The molecular formula is C21H29N5O4. The van der Waals surface area contributed by atoms with Gasteiger partial charge in [0.05, 0.1) is 0 Å². The van der Waals surface area contributed by atoms with E-state index in [0.717, 1.165) is 32.1 Å². The molecule has 9 nitrogen and oxygen atoms in total. The Hall–Kier alpha value is -2.84. The van der Waals surface area contributed by atoms with Crippen LogP contribution in [0.4, 0.5) is 5.95 Å². The van der Waals surface area contributed by atoms with Gasteiger partial charge in [-0.3, -0.25) is 29.0 Å². The molecule has 4 amide bonds. The van der Waals surface area contributed by atoms with E-state index in [2.05, 4.69) is 9.97 Å². The second kappa shape index (κ2) is 10.3. The summed E-state index contributed by atoms with van der Waals surface area (Å²) in [5.74, 6) is 0.190. The van der Waals surface area contributed by atoms with Crippen molar-refractivity contribution in [2.24, 2.45) is 5.41 Å². The first-order chi connectivity index (χ1) is 14.6. The van der Waals surface area contributed by atoms with Gasteiger partial charge >= 0.3 is 0 Å².